The lowest BCUT2D eigenvalue weighted by Gasteiger charge is -2.36. The van der Waals surface area contributed by atoms with E-state index < -0.39 is 38.6 Å². The first-order chi connectivity index (χ1) is 16.5. The number of amides is 3. The number of carboxylic acid groups (broad SMARTS) is 1. The molecular formula is C25H36N4O5S2. The fourth-order valence-electron chi connectivity index (χ4n) is 5.49. The largest absolute Gasteiger partial charge is 0.464 e. The summed E-state index contributed by atoms with van der Waals surface area (Å²) in [6, 6.07) is 1.88. The summed E-state index contributed by atoms with van der Waals surface area (Å²) in [7, 11) is -2.27. The maximum absolute atomic E-state index is 14.0. The summed E-state index contributed by atoms with van der Waals surface area (Å²) >= 11 is 0.908. The molecule has 0 radical (unpaired) electrons. The maximum atomic E-state index is 14.0. The summed E-state index contributed by atoms with van der Waals surface area (Å²) < 4.78 is 22.8. The van der Waals surface area contributed by atoms with Crippen molar-refractivity contribution in [3.8, 4) is 0 Å². The molecule has 0 saturated heterocycles. The molecule has 11 heteroatoms. The standard InChI is InChI=1S/C25H36N4O5S2/c1-24(2,3)29(23(31)32)36(26,34)19-14-28(21(35-19)25(4,5)33)22(30)27(6)20-17-11-7-9-15(17)13-16-10-8-12-18(16)20/h13-14,21,26,33H,7-12H2,1-6H3,(H,31,32). The van der Waals surface area contributed by atoms with Gasteiger partial charge in [0.1, 0.15) is 9.61 Å². The summed E-state index contributed by atoms with van der Waals surface area (Å²) in [4.78, 5) is 28.9. The van der Waals surface area contributed by atoms with E-state index in [1.807, 2.05) is 0 Å². The van der Waals surface area contributed by atoms with Gasteiger partial charge in [0.05, 0.1) is 16.8 Å². The fraction of sp³-hybridized carbons (Fsp3) is 0.600. The number of anilines is 1. The van der Waals surface area contributed by atoms with Crippen molar-refractivity contribution in [2.24, 2.45) is 0 Å². The molecule has 3 amide bonds. The van der Waals surface area contributed by atoms with Crippen LogP contribution in [0.25, 0.3) is 0 Å². The topological polar surface area (TPSA) is 125 Å². The molecule has 1 aromatic rings. The predicted molar refractivity (Wildman–Crippen MR) is 142 cm³/mol. The summed E-state index contributed by atoms with van der Waals surface area (Å²) in [6.45, 7) is 7.79. The lowest BCUT2D eigenvalue weighted by molar-refractivity contribution is 0.0463. The molecule has 9 nitrogen and oxygen atoms in total. The van der Waals surface area contributed by atoms with Gasteiger partial charge >= 0.3 is 12.1 Å². The molecule has 198 valence electrons. The first-order valence-electron chi connectivity index (χ1n) is 12.2. The van der Waals surface area contributed by atoms with Gasteiger partial charge in [-0.15, -0.1) is 0 Å². The van der Waals surface area contributed by atoms with Gasteiger partial charge in [-0.2, -0.15) is 0 Å². The SMILES string of the molecule is CN(C(=O)N1C=C(S(=N)(=O)N(C(=O)O)C(C)(C)C)SC1C(C)(C)O)c1c2c(cc3c1CCC3)CCC2. The number of urea groups is 1. The quantitative estimate of drug-likeness (QED) is 0.502. The van der Waals surface area contributed by atoms with Crippen molar-refractivity contribution in [2.75, 3.05) is 11.9 Å². The van der Waals surface area contributed by atoms with Gasteiger partial charge in [0.2, 0.25) is 0 Å². The van der Waals surface area contributed by atoms with Gasteiger partial charge in [-0.1, -0.05) is 17.8 Å². The third kappa shape index (κ3) is 4.50. The Morgan fingerprint density at radius 2 is 1.61 bits per heavy atom. The van der Waals surface area contributed by atoms with Crippen molar-refractivity contribution in [1.82, 2.24) is 9.21 Å². The number of hydrogen-bond donors (Lipinski definition) is 3. The number of fused-ring (bicyclic) bond motifs is 2. The number of aliphatic hydroxyl groups is 1. The minimum atomic E-state index is -3.99. The van der Waals surface area contributed by atoms with Crippen LogP contribution < -0.4 is 4.90 Å². The zero-order valence-corrected chi connectivity index (χ0v) is 23.4. The van der Waals surface area contributed by atoms with Crippen LogP contribution >= 0.6 is 11.8 Å². The van der Waals surface area contributed by atoms with Crippen molar-refractivity contribution in [3.05, 3.63) is 38.8 Å². The zero-order chi connectivity index (χ0) is 26.8. The molecule has 0 bridgehead atoms. The number of aryl methyl sites for hydroxylation is 2. The third-order valence-corrected chi connectivity index (χ3v) is 11.1. The van der Waals surface area contributed by atoms with Crippen LogP contribution in [0.2, 0.25) is 0 Å². The maximum Gasteiger partial charge on any atom is 0.420 e. The Labute approximate surface area is 217 Å². The van der Waals surface area contributed by atoms with Crippen molar-refractivity contribution >= 4 is 39.5 Å². The highest BCUT2D eigenvalue weighted by Gasteiger charge is 2.47. The minimum Gasteiger partial charge on any atom is -0.464 e. The highest BCUT2D eigenvalue weighted by Crippen LogP contribution is 2.46. The van der Waals surface area contributed by atoms with E-state index in [1.54, 1.807) is 46.6 Å². The summed E-state index contributed by atoms with van der Waals surface area (Å²) in [5.74, 6) is 0. The Hall–Kier alpha value is -2.24. The molecule has 2 aliphatic carbocycles. The molecule has 0 aromatic heterocycles. The van der Waals surface area contributed by atoms with E-state index in [1.165, 1.54) is 33.4 Å². The van der Waals surface area contributed by atoms with Crippen molar-refractivity contribution < 1.29 is 24.0 Å². The molecule has 1 aromatic carbocycles. The van der Waals surface area contributed by atoms with Gasteiger partial charge in [0.25, 0.3) is 0 Å². The van der Waals surface area contributed by atoms with E-state index in [0.29, 0.717) is 4.31 Å². The monoisotopic (exact) mass is 536 g/mol. The molecule has 4 rings (SSSR count). The molecule has 36 heavy (non-hydrogen) atoms. The Balaban J connectivity index is 1.77. The van der Waals surface area contributed by atoms with Crippen LogP contribution in [-0.2, 0) is 35.6 Å². The van der Waals surface area contributed by atoms with Gasteiger partial charge in [-0.05, 0) is 95.4 Å². The van der Waals surface area contributed by atoms with Crippen LogP contribution in [0.1, 0.15) is 69.7 Å². The molecule has 1 heterocycles. The van der Waals surface area contributed by atoms with Crippen molar-refractivity contribution in [1.29, 1.82) is 4.78 Å². The number of nitrogens with zero attached hydrogens (tertiary/aromatic N) is 3. The lowest BCUT2D eigenvalue weighted by Crippen LogP contribution is -2.49. The smallest absolute Gasteiger partial charge is 0.420 e. The van der Waals surface area contributed by atoms with Crippen LogP contribution in [0.4, 0.5) is 15.3 Å². The number of hydrogen-bond acceptors (Lipinski definition) is 6. The Bertz CT molecular complexity index is 1210. The van der Waals surface area contributed by atoms with E-state index in [9.17, 15) is 24.0 Å². The second-order valence-corrected chi connectivity index (χ2v) is 14.5. The highest BCUT2D eigenvalue weighted by molar-refractivity contribution is 8.19. The Kier molecular flexibility index (Phi) is 6.67. The molecule has 1 aliphatic heterocycles. The van der Waals surface area contributed by atoms with Crippen LogP contribution in [0, 0.1) is 4.78 Å². The van der Waals surface area contributed by atoms with Gasteiger partial charge in [-0.3, -0.25) is 9.80 Å². The first-order valence-corrected chi connectivity index (χ1v) is 14.6. The van der Waals surface area contributed by atoms with Crippen molar-refractivity contribution in [3.63, 3.8) is 0 Å². The molecule has 0 fully saturated rings. The van der Waals surface area contributed by atoms with E-state index in [4.69, 9.17) is 4.78 Å². The molecule has 0 spiro atoms. The Morgan fingerprint density at radius 1 is 1.08 bits per heavy atom. The summed E-state index contributed by atoms with van der Waals surface area (Å²) in [6.07, 6.45) is 5.69. The minimum absolute atomic E-state index is 0.0720. The molecular weight excluding hydrogens is 500 g/mol. The molecule has 3 aliphatic rings. The van der Waals surface area contributed by atoms with Crippen LogP contribution in [0.3, 0.4) is 0 Å². The average molecular weight is 537 g/mol. The molecule has 2 unspecified atom stereocenters. The van der Waals surface area contributed by atoms with E-state index in [2.05, 4.69) is 6.07 Å². The van der Waals surface area contributed by atoms with Gasteiger partial charge in [-0.25, -0.2) is 22.9 Å². The fourth-order valence-corrected chi connectivity index (χ4v) is 8.88. The number of nitrogens with one attached hydrogen (secondary N) is 1. The number of carbonyl (C=O) groups excluding carboxylic acids is 1. The molecule has 3 N–H and O–H groups in total. The second-order valence-electron chi connectivity index (χ2n) is 11.3. The summed E-state index contributed by atoms with van der Waals surface area (Å²) in [5.41, 5.74) is 3.35. The first kappa shape index (κ1) is 26.8. The van der Waals surface area contributed by atoms with E-state index in [0.717, 1.165) is 56.0 Å². The highest BCUT2D eigenvalue weighted by atomic mass is 32.3. The molecule has 0 saturated carbocycles. The number of rotatable bonds is 4. The summed E-state index contributed by atoms with van der Waals surface area (Å²) in [5, 5.41) is 19.8. The van der Waals surface area contributed by atoms with Crippen LogP contribution in [0.5, 0.6) is 0 Å². The predicted octanol–water partition coefficient (Wildman–Crippen LogP) is 4.91. The lowest BCUT2D eigenvalue weighted by atomic mass is 9.98. The van der Waals surface area contributed by atoms with E-state index >= 15 is 0 Å². The third-order valence-electron chi connectivity index (χ3n) is 6.93. The van der Waals surface area contributed by atoms with Gasteiger partial charge < -0.3 is 10.2 Å². The number of benzene rings is 1. The van der Waals surface area contributed by atoms with Gasteiger partial charge in [0.15, 0.2) is 9.92 Å². The van der Waals surface area contributed by atoms with Crippen molar-refractivity contribution in [2.45, 2.75) is 89.7 Å². The van der Waals surface area contributed by atoms with Gasteiger partial charge in [0, 0.05) is 13.2 Å². The second kappa shape index (κ2) is 8.95. The normalized spacial score (nSPS) is 21.0. The van der Waals surface area contributed by atoms with Crippen LogP contribution in [-0.4, -0.2) is 59.3 Å². The average Bonchev–Trinajstić information content (AvgIpc) is 3.46. The van der Waals surface area contributed by atoms with E-state index in [-0.39, 0.29) is 4.24 Å². The number of carbonyl (C=O) groups is 2. The number of thioether (sulfide) groups is 1. The zero-order valence-electron chi connectivity index (χ0n) is 21.8. The Morgan fingerprint density at radius 3 is 2.06 bits per heavy atom. The molecule has 2 atom stereocenters. The van der Waals surface area contributed by atoms with Crippen LogP contribution in [0.15, 0.2) is 16.5 Å².